The molecule has 0 aliphatic carbocycles. The first kappa shape index (κ1) is 9.45. The molecule has 0 unspecified atom stereocenters. The van der Waals surface area contributed by atoms with E-state index in [-0.39, 0.29) is 11.5 Å². The van der Waals surface area contributed by atoms with Crippen LogP contribution in [-0.4, -0.2) is 10.9 Å². The minimum Gasteiger partial charge on any atom is -0.508 e. The summed E-state index contributed by atoms with van der Waals surface area (Å²) in [6.07, 6.45) is 2.76. The third-order valence-corrected chi connectivity index (χ3v) is 1.42. The molecular formula is C10H9FO2. The fourth-order valence-electron chi connectivity index (χ4n) is 0.906. The highest BCUT2D eigenvalue weighted by Gasteiger charge is 1.96. The molecule has 1 N–H and O–H groups in total. The van der Waals surface area contributed by atoms with Gasteiger partial charge in [-0.1, -0.05) is 6.08 Å². The van der Waals surface area contributed by atoms with Crippen molar-refractivity contribution in [2.75, 3.05) is 0 Å². The van der Waals surface area contributed by atoms with Crippen LogP contribution in [0.1, 0.15) is 12.5 Å². The second-order valence-electron chi connectivity index (χ2n) is 2.69. The van der Waals surface area contributed by atoms with E-state index < -0.39 is 5.82 Å². The lowest BCUT2D eigenvalue weighted by Crippen LogP contribution is -1.81. The molecule has 1 rings (SSSR count). The quantitative estimate of drug-likeness (QED) is 0.708. The Morgan fingerprint density at radius 2 is 2.15 bits per heavy atom. The van der Waals surface area contributed by atoms with Crippen LogP contribution in [0.25, 0.3) is 6.08 Å². The molecule has 0 bridgehead atoms. The first-order valence-corrected chi connectivity index (χ1v) is 3.76. The number of allylic oxidation sites excluding steroid dienone is 1. The van der Waals surface area contributed by atoms with E-state index in [1.165, 1.54) is 31.2 Å². The van der Waals surface area contributed by atoms with Gasteiger partial charge in [-0.3, -0.25) is 4.79 Å². The van der Waals surface area contributed by atoms with Crippen LogP contribution in [-0.2, 0) is 4.79 Å². The Kier molecular flexibility index (Phi) is 2.80. The summed E-state index contributed by atoms with van der Waals surface area (Å²) in [5, 5.41) is 9.00. The SMILES string of the molecule is CC(=O)/C=C/c1cc(O)cc(F)c1. The summed E-state index contributed by atoms with van der Waals surface area (Å²) in [5.74, 6) is -0.796. The minimum atomic E-state index is -0.525. The first-order valence-electron chi connectivity index (χ1n) is 3.76. The number of ketones is 1. The lowest BCUT2D eigenvalue weighted by atomic mass is 10.2. The summed E-state index contributed by atoms with van der Waals surface area (Å²) in [7, 11) is 0. The molecule has 2 nitrogen and oxygen atoms in total. The molecule has 0 radical (unpaired) electrons. The molecule has 3 heteroatoms. The highest BCUT2D eigenvalue weighted by molar-refractivity contribution is 5.91. The Balaban J connectivity index is 2.95. The Labute approximate surface area is 75.3 Å². The highest BCUT2D eigenvalue weighted by atomic mass is 19.1. The van der Waals surface area contributed by atoms with E-state index in [9.17, 15) is 9.18 Å². The molecule has 1 aromatic carbocycles. The van der Waals surface area contributed by atoms with Gasteiger partial charge in [0.15, 0.2) is 5.78 Å². The van der Waals surface area contributed by atoms with Gasteiger partial charge in [0.2, 0.25) is 0 Å². The van der Waals surface area contributed by atoms with Crippen molar-refractivity contribution in [2.45, 2.75) is 6.92 Å². The van der Waals surface area contributed by atoms with Crippen molar-refractivity contribution in [2.24, 2.45) is 0 Å². The van der Waals surface area contributed by atoms with Crippen LogP contribution < -0.4 is 0 Å². The van der Waals surface area contributed by atoms with E-state index in [0.29, 0.717) is 5.56 Å². The Morgan fingerprint density at radius 3 is 2.69 bits per heavy atom. The molecule has 0 heterocycles. The van der Waals surface area contributed by atoms with Crippen molar-refractivity contribution in [3.8, 4) is 5.75 Å². The number of halogens is 1. The smallest absolute Gasteiger partial charge is 0.152 e. The average molecular weight is 180 g/mol. The fraction of sp³-hybridized carbons (Fsp3) is 0.100. The maximum absolute atomic E-state index is 12.7. The number of benzene rings is 1. The van der Waals surface area contributed by atoms with Gasteiger partial charge in [-0.15, -0.1) is 0 Å². The number of phenols is 1. The Hall–Kier alpha value is -1.64. The monoisotopic (exact) mass is 180 g/mol. The molecule has 0 aliphatic heterocycles. The van der Waals surface area contributed by atoms with Gasteiger partial charge in [0.05, 0.1) is 0 Å². The molecule has 0 saturated carbocycles. The maximum Gasteiger partial charge on any atom is 0.152 e. The largest absolute Gasteiger partial charge is 0.508 e. The standard InChI is InChI=1S/C10H9FO2/c1-7(12)2-3-8-4-9(11)6-10(13)5-8/h2-6,13H,1H3/b3-2+. The van der Waals surface area contributed by atoms with Crippen LogP contribution in [0.5, 0.6) is 5.75 Å². The number of carbonyl (C=O) groups excluding carboxylic acids is 1. The number of hydrogen-bond donors (Lipinski definition) is 1. The summed E-state index contributed by atoms with van der Waals surface area (Å²) < 4.78 is 12.7. The number of hydrogen-bond acceptors (Lipinski definition) is 2. The van der Waals surface area contributed by atoms with Gasteiger partial charge in [0.1, 0.15) is 11.6 Å². The maximum atomic E-state index is 12.7. The van der Waals surface area contributed by atoms with E-state index >= 15 is 0 Å². The van der Waals surface area contributed by atoms with Crippen molar-refractivity contribution < 1.29 is 14.3 Å². The van der Waals surface area contributed by atoms with Gasteiger partial charge in [-0.25, -0.2) is 4.39 Å². The van der Waals surface area contributed by atoms with Gasteiger partial charge >= 0.3 is 0 Å². The molecule has 0 amide bonds. The lowest BCUT2D eigenvalue weighted by molar-refractivity contribution is -0.112. The zero-order valence-corrected chi connectivity index (χ0v) is 7.12. The predicted octanol–water partition coefficient (Wildman–Crippen LogP) is 2.13. The van der Waals surface area contributed by atoms with E-state index in [0.717, 1.165) is 6.07 Å². The van der Waals surface area contributed by atoms with Gasteiger partial charge in [-0.2, -0.15) is 0 Å². The van der Waals surface area contributed by atoms with Gasteiger partial charge < -0.3 is 5.11 Å². The van der Waals surface area contributed by atoms with Crippen molar-refractivity contribution in [1.29, 1.82) is 0 Å². The minimum absolute atomic E-state index is 0.122. The molecular weight excluding hydrogens is 171 g/mol. The van der Waals surface area contributed by atoms with Crippen LogP contribution in [0.2, 0.25) is 0 Å². The molecule has 0 aromatic heterocycles. The third kappa shape index (κ3) is 3.07. The van der Waals surface area contributed by atoms with Crippen molar-refractivity contribution in [3.05, 3.63) is 35.7 Å². The molecule has 68 valence electrons. The van der Waals surface area contributed by atoms with E-state index in [1.54, 1.807) is 0 Å². The van der Waals surface area contributed by atoms with Crippen LogP contribution in [0, 0.1) is 5.82 Å². The van der Waals surface area contributed by atoms with Gasteiger partial charge in [0, 0.05) is 6.07 Å². The zero-order valence-electron chi connectivity index (χ0n) is 7.12. The van der Waals surface area contributed by atoms with Crippen LogP contribution in [0.15, 0.2) is 24.3 Å². The number of carbonyl (C=O) groups is 1. The molecule has 1 aromatic rings. The normalized spacial score (nSPS) is 10.6. The van der Waals surface area contributed by atoms with Crippen molar-refractivity contribution in [1.82, 2.24) is 0 Å². The van der Waals surface area contributed by atoms with Gasteiger partial charge in [0.25, 0.3) is 0 Å². The Bertz CT molecular complexity index is 336. The summed E-state index contributed by atoms with van der Waals surface area (Å²) in [4.78, 5) is 10.5. The number of phenolic OH excluding ortho intramolecular Hbond substituents is 1. The molecule has 13 heavy (non-hydrogen) atoms. The average Bonchev–Trinajstić information content (AvgIpc) is 1.99. The van der Waals surface area contributed by atoms with Crippen LogP contribution in [0.4, 0.5) is 4.39 Å². The van der Waals surface area contributed by atoms with Crippen molar-refractivity contribution >= 4 is 11.9 Å². The molecule has 0 spiro atoms. The van der Waals surface area contributed by atoms with E-state index in [1.807, 2.05) is 0 Å². The van der Waals surface area contributed by atoms with Crippen molar-refractivity contribution in [3.63, 3.8) is 0 Å². The second kappa shape index (κ2) is 3.85. The summed E-state index contributed by atoms with van der Waals surface area (Å²) in [6.45, 7) is 1.40. The highest BCUT2D eigenvalue weighted by Crippen LogP contribution is 2.15. The molecule has 0 atom stereocenters. The van der Waals surface area contributed by atoms with Crippen LogP contribution >= 0.6 is 0 Å². The number of aromatic hydroxyl groups is 1. The topological polar surface area (TPSA) is 37.3 Å². The molecule has 0 fully saturated rings. The van der Waals surface area contributed by atoms with Gasteiger partial charge in [-0.05, 0) is 30.7 Å². The third-order valence-electron chi connectivity index (χ3n) is 1.42. The molecule has 0 aliphatic rings. The summed E-state index contributed by atoms with van der Waals surface area (Å²) in [5.41, 5.74) is 0.465. The summed E-state index contributed by atoms with van der Waals surface area (Å²) >= 11 is 0. The Morgan fingerprint density at radius 1 is 1.46 bits per heavy atom. The molecule has 0 saturated heterocycles. The number of rotatable bonds is 2. The first-order chi connectivity index (χ1) is 6.08. The fourth-order valence-corrected chi connectivity index (χ4v) is 0.906. The zero-order chi connectivity index (χ0) is 9.84. The van der Waals surface area contributed by atoms with E-state index in [2.05, 4.69) is 0 Å². The van der Waals surface area contributed by atoms with Crippen LogP contribution in [0.3, 0.4) is 0 Å². The van der Waals surface area contributed by atoms with E-state index in [4.69, 9.17) is 5.11 Å². The summed E-state index contributed by atoms with van der Waals surface area (Å²) in [6, 6.07) is 3.62. The predicted molar refractivity (Wildman–Crippen MR) is 47.8 cm³/mol. The lowest BCUT2D eigenvalue weighted by Gasteiger charge is -1.95. The second-order valence-corrected chi connectivity index (χ2v) is 2.69.